The maximum atomic E-state index is 13.2. The van der Waals surface area contributed by atoms with E-state index in [1.54, 1.807) is 53.9 Å². The fourth-order valence-corrected chi connectivity index (χ4v) is 4.83. The summed E-state index contributed by atoms with van der Waals surface area (Å²) in [5.74, 6) is 0.477. The van der Waals surface area contributed by atoms with Crippen LogP contribution in [0.2, 0.25) is 0 Å². The van der Waals surface area contributed by atoms with Gasteiger partial charge < -0.3 is 30.6 Å². The Balaban J connectivity index is 1.32. The third-order valence-electron chi connectivity index (χ3n) is 6.12. The predicted octanol–water partition coefficient (Wildman–Crippen LogP) is 5.40. The van der Waals surface area contributed by atoms with E-state index in [9.17, 15) is 14.4 Å². The van der Waals surface area contributed by atoms with Crippen molar-refractivity contribution in [2.75, 3.05) is 37.7 Å². The van der Waals surface area contributed by atoms with Crippen molar-refractivity contribution in [2.24, 2.45) is 0 Å². The van der Waals surface area contributed by atoms with Gasteiger partial charge in [-0.15, -0.1) is 11.3 Å². The van der Waals surface area contributed by atoms with E-state index in [-0.39, 0.29) is 36.1 Å². The van der Waals surface area contributed by atoms with E-state index in [1.807, 2.05) is 12.1 Å². The molecule has 4 aromatic rings. The van der Waals surface area contributed by atoms with Crippen LogP contribution in [-0.4, -0.2) is 43.9 Å². The molecule has 2 amide bonds. The summed E-state index contributed by atoms with van der Waals surface area (Å²) < 4.78 is 16.0. The Morgan fingerprint density at radius 3 is 2.10 bits per heavy atom. The number of nitrogens with zero attached hydrogens (tertiary/aromatic N) is 1. The van der Waals surface area contributed by atoms with Crippen LogP contribution in [0.3, 0.4) is 0 Å². The maximum absolute atomic E-state index is 13.2. The van der Waals surface area contributed by atoms with Crippen LogP contribution in [0, 0.1) is 0 Å². The molecular formula is C30H30N4O6S. The Morgan fingerprint density at radius 1 is 0.854 bits per heavy atom. The Bertz CT molecular complexity index is 1530. The number of anilines is 3. The van der Waals surface area contributed by atoms with Crippen molar-refractivity contribution in [3.05, 3.63) is 77.3 Å². The van der Waals surface area contributed by atoms with Crippen molar-refractivity contribution in [2.45, 2.75) is 19.3 Å². The highest BCUT2D eigenvalue weighted by Crippen LogP contribution is 2.39. The van der Waals surface area contributed by atoms with Crippen molar-refractivity contribution in [1.82, 2.24) is 4.98 Å². The number of carbonyl (C=O) groups is 3. The SMILES string of the molecule is COc1cc(C(=O)c2csc(-c3ccc(NC(=O)CCCC(=O)Nc4ccccc4N)cc3)n2)cc(OC)c1OC. The van der Waals surface area contributed by atoms with E-state index in [0.717, 1.165) is 5.56 Å². The third kappa shape index (κ3) is 7.20. The lowest BCUT2D eigenvalue weighted by atomic mass is 10.1. The molecule has 11 heteroatoms. The minimum atomic E-state index is -0.281. The average molecular weight is 575 g/mol. The number of nitrogen functional groups attached to an aromatic ring is 1. The number of nitrogens with one attached hydrogen (secondary N) is 2. The molecule has 4 N–H and O–H groups in total. The topological polar surface area (TPSA) is 142 Å². The highest BCUT2D eigenvalue weighted by Gasteiger charge is 2.20. The first-order valence-electron chi connectivity index (χ1n) is 12.7. The minimum Gasteiger partial charge on any atom is -0.493 e. The van der Waals surface area contributed by atoms with E-state index < -0.39 is 0 Å². The van der Waals surface area contributed by atoms with Crippen LogP contribution in [0.25, 0.3) is 10.6 Å². The second-order valence-electron chi connectivity index (χ2n) is 8.90. The van der Waals surface area contributed by atoms with Gasteiger partial charge in [-0.05, 0) is 55.0 Å². The highest BCUT2D eigenvalue weighted by atomic mass is 32.1. The van der Waals surface area contributed by atoms with E-state index in [1.165, 1.54) is 32.7 Å². The van der Waals surface area contributed by atoms with E-state index in [4.69, 9.17) is 19.9 Å². The van der Waals surface area contributed by atoms with Crippen molar-refractivity contribution in [3.63, 3.8) is 0 Å². The van der Waals surface area contributed by atoms with Gasteiger partial charge in [0, 0.05) is 35.0 Å². The fourth-order valence-electron chi connectivity index (χ4n) is 4.02. The van der Waals surface area contributed by atoms with E-state index >= 15 is 0 Å². The van der Waals surface area contributed by atoms with Crippen LogP contribution >= 0.6 is 11.3 Å². The third-order valence-corrected chi connectivity index (χ3v) is 7.01. The lowest BCUT2D eigenvalue weighted by Gasteiger charge is -2.13. The summed E-state index contributed by atoms with van der Waals surface area (Å²) in [6, 6.07) is 17.4. The Kier molecular flexibility index (Phi) is 9.54. The zero-order valence-corrected chi connectivity index (χ0v) is 23.7. The van der Waals surface area contributed by atoms with Crippen molar-refractivity contribution in [1.29, 1.82) is 0 Å². The normalized spacial score (nSPS) is 10.5. The molecule has 0 bridgehead atoms. The summed E-state index contributed by atoms with van der Waals surface area (Å²) in [6.07, 6.45) is 0.782. The van der Waals surface area contributed by atoms with Crippen LogP contribution in [0.15, 0.2) is 66.0 Å². The molecule has 0 unspecified atom stereocenters. The second-order valence-corrected chi connectivity index (χ2v) is 9.75. The number of aromatic nitrogens is 1. The first kappa shape index (κ1) is 29.1. The van der Waals surface area contributed by atoms with Gasteiger partial charge in [0.25, 0.3) is 0 Å². The molecular weight excluding hydrogens is 544 g/mol. The standard InChI is InChI=1S/C30H30N4O6S/c1-38-24-15-19(16-25(39-2)29(24)40-3)28(37)23-17-41-30(34-23)18-11-13-20(14-12-18)32-26(35)9-6-10-27(36)33-22-8-5-4-7-21(22)31/h4-5,7-8,11-17H,6,9-10,31H2,1-3H3,(H,32,35)(H,33,36). The first-order chi connectivity index (χ1) is 19.8. The van der Waals surface area contributed by atoms with Crippen molar-refractivity contribution in [3.8, 4) is 27.8 Å². The molecule has 0 radical (unpaired) electrons. The number of rotatable bonds is 12. The monoisotopic (exact) mass is 574 g/mol. The number of thiazole rings is 1. The van der Waals surface area contributed by atoms with Gasteiger partial charge in [0.15, 0.2) is 11.5 Å². The number of ether oxygens (including phenoxy) is 3. The smallest absolute Gasteiger partial charge is 0.224 e. The van der Waals surface area contributed by atoms with Gasteiger partial charge in [-0.2, -0.15) is 0 Å². The Morgan fingerprint density at radius 2 is 1.49 bits per heavy atom. The molecule has 10 nitrogen and oxygen atoms in total. The maximum Gasteiger partial charge on any atom is 0.224 e. The van der Waals surface area contributed by atoms with Crippen molar-refractivity contribution >= 4 is 46.0 Å². The van der Waals surface area contributed by atoms with E-state index in [2.05, 4.69) is 15.6 Å². The molecule has 4 rings (SSSR count). The van der Waals surface area contributed by atoms with Gasteiger partial charge in [0.1, 0.15) is 10.7 Å². The number of ketones is 1. The van der Waals surface area contributed by atoms with Crippen LogP contribution in [0.4, 0.5) is 17.1 Å². The summed E-state index contributed by atoms with van der Waals surface area (Å²) in [7, 11) is 4.47. The molecule has 0 saturated heterocycles. The molecule has 0 spiro atoms. The number of benzene rings is 3. The number of para-hydroxylation sites is 2. The molecule has 1 aromatic heterocycles. The highest BCUT2D eigenvalue weighted by molar-refractivity contribution is 7.13. The molecule has 1 heterocycles. The number of carbonyl (C=O) groups excluding carboxylic acids is 3. The van der Waals surface area contributed by atoms with Crippen molar-refractivity contribution < 1.29 is 28.6 Å². The lowest BCUT2D eigenvalue weighted by Crippen LogP contribution is -2.15. The molecule has 0 aliphatic carbocycles. The number of methoxy groups -OCH3 is 3. The number of nitrogens with two attached hydrogens (primary N) is 1. The Hall–Kier alpha value is -4.90. The molecule has 0 saturated carbocycles. The minimum absolute atomic E-state index is 0.193. The fraction of sp³-hybridized carbons (Fsp3) is 0.200. The molecule has 0 aliphatic heterocycles. The predicted molar refractivity (Wildman–Crippen MR) is 159 cm³/mol. The average Bonchev–Trinajstić information content (AvgIpc) is 3.48. The summed E-state index contributed by atoms with van der Waals surface area (Å²) in [5.41, 5.74) is 8.94. The lowest BCUT2D eigenvalue weighted by molar-refractivity contribution is -0.117. The summed E-state index contributed by atoms with van der Waals surface area (Å²) in [5, 5.41) is 7.93. The Labute approximate surface area is 241 Å². The van der Waals surface area contributed by atoms with Crippen LogP contribution in [0.1, 0.15) is 35.3 Å². The zero-order chi connectivity index (χ0) is 29.4. The quantitative estimate of drug-likeness (QED) is 0.151. The molecule has 0 atom stereocenters. The van der Waals surface area contributed by atoms with Gasteiger partial charge in [0.05, 0.1) is 32.7 Å². The molecule has 41 heavy (non-hydrogen) atoms. The summed E-state index contributed by atoms with van der Waals surface area (Å²) >= 11 is 1.34. The summed E-state index contributed by atoms with van der Waals surface area (Å²) in [4.78, 5) is 42.2. The van der Waals surface area contributed by atoms with Gasteiger partial charge >= 0.3 is 0 Å². The van der Waals surface area contributed by atoms with Gasteiger partial charge in [-0.25, -0.2) is 4.98 Å². The molecule has 0 fully saturated rings. The number of hydrogen-bond donors (Lipinski definition) is 3. The van der Waals surface area contributed by atoms with Crippen LogP contribution in [0.5, 0.6) is 17.2 Å². The van der Waals surface area contributed by atoms with Gasteiger partial charge in [0.2, 0.25) is 23.3 Å². The molecule has 0 aliphatic rings. The van der Waals surface area contributed by atoms with E-state index in [0.29, 0.717) is 51.3 Å². The second kappa shape index (κ2) is 13.4. The van der Waals surface area contributed by atoms with Crippen LogP contribution in [-0.2, 0) is 9.59 Å². The largest absolute Gasteiger partial charge is 0.493 e. The first-order valence-corrected chi connectivity index (χ1v) is 13.6. The number of amides is 2. The summed E-state index contributed by atoms with van der Waals surface area (Å²) in [6.45, 7) is 0. The molecule has 3 aromatic carbocycles. The van der Waals surface area contributed by atoms with Crippen LogP contribution < -0.4 is 30.6 Å². The van der Waals surface area contributed by atoms with Gasteiger partial charge in [-0.3, -0.25) is 14.4 Å². The zero-order valence-electron chi connectivity index (χ0n) is 22.9. The van der Waals surface area contributed by atoms with Gasteiger partial charge in [-0.1, -0.05) is 12.1 Å². The number of hydrogen-bond acceptors (Lipinski definition) is 9. The molecule has 212 valence electrons.